The van der Waals surface area contributed by atoms with Crippen LogP contribution in [0.1, 0.15) is 11.1 Å². The van der Waals surface area contributed by atoms with Gasteiger partial charge in [-0.1, -0.05) is 30.3 Å². The van der Waals surface area contributed by atoms with Crippen molar-refractivity contribution in [2.24, 2.45) is 10.7 Å². The van der Waals surface area contributed by atoms with Crippen LogP contribution in [0.2, 0.25) is 0 Å². The number of aliphatic hydroxyl groups is 1. The normalized spacial score (nSPS) is 20.8. The summed E-state index contributed by atoms with van der Waals surface area (Å²) in [7, 11) is 1.59. The molecule has 2 aromatic carbocycles. The second-order valence-electron chi connectivity index (χ2n) is 4.46. The van der Waals surface area contributed by atoms with Crippen molar-refractivity contribution in [2.45, 2.75) is 5.60 Å². The number of hydrogen-bond donors (Lipinski definition) is 2. The zero-order chi connectivity index (χ0) is 13.5. The summed E-state index contributed by atoms with van der Waals surface area (Å²) in [5, 5.41) is 11.0. The van der Waals surface area contributed by atoms with Gasteiger partial charge in [0, 0.05) is 5.56 Å². The summed E-state index contributed by atoms with van der Waals surface area (Å²) >= 11 is 0. The Morgan fingerprint density at radius 3 is 2.74 bits per heavy atom. The first-order chi connectivity index (χ1) is 9.16. The smallest absolute Gasteiger partial charge is 0.174 e. The van der Waals surface area contributed by atoms with Crippen LogP contribution >= 0.6 is 0 Å². The predicted molar refractivity (Wildman–Crippen MR) is 73.7 cm³/mol. The van der Waals surface area contributed by atoms with Crippen LogP contribution in [-0.2, 0) is 5.60 Å². The molecule has 96 valence electrons. The average Bonchev–Trinajstić information content (AvgIpc) is 2.72. The van der Waals surface area contributed by atoms with Crippen molar-refractivity contribution in [1.82, 2.24) is 0 Å². The van der Waals surface area contributed by atoms with Gasteiger partial charge < -0.3 is 15.6 Å². The van der Waals surface area contributed by atoms with E-state index in [9.17, 15) is 5.11 Å². The quantitative estimate of drug-likeness (QED) is 0.860. The first kappa shape index (κ1) is 11.7. The van der Waals surface area contributed by atoms with E-state index in [4.69, 9.17) is 10.5 Å². The minimum absolute atomic E-state index is 0.182. The molecule has 1 atom stereocenters. The number of methoxy groups -OCH3 is 1. The predicted octanol–water partition coefficient (Wildman–Crippen LogP) is 1.93. The lowest BCUT2D eigenvalue weighted by Gasteiger charge is -2.25. The number of para-hydroxylation sites is 1. The van der Waals surface area contributed by atoms with E-state index in [0.29, 0.717) is 22.6 Å². The van der Waals surface area contributed by atoms with Gasteiger partial charge in [-0.15, -0.1) is 0 Å². The van der Waals surface area contributed by atoms with E-state index in [1.807, 2.05) is 42.5 Å². The summed E-state index contributed by atoms with van der Waals surface area (Å²) in [6.07, 6.45) is 0. The molecule has 2 aromatic rings. The molecule has 1 aliphatic heterocycles. The molecule has 0 saturated heterocycles. The third-order valence-corrected chi connectivity index (χ3v) is 3.39. The lowest BCUT2D eigenvalue weighted by Crippen LogP contribution is -2.39. The number of benzene rings is 2. The molecule has 0 radical (unpaired) electrons. The number of aliphatic imine (C=N–C) groups is 1. The van der Waals surface area contributed by atoms with Crippen molar-refractivity contribution >= 4 is 11.5 Å². The van der Waals surface area contributed by atoms with Gasteiger partial charge in [0.15, 0.2) is 5.60 Å². The highest BCUT2D eigenvalue weighted by Gasteiger charge is 2.42. The highest BCUT2D eigenvalue weighted by molar-refractivity contribution is 6.00. The molecule has 19 heavy (non-hydrogen) atoms. The maximum absolute atomic E-state index is 11.0. The first-order valence-electron chi connectivity index (χ1n) is 5.97. The molecule has 1 heterocycles. The molecule has 1 unspecified atom stereocenters. The van der Waals surface area contributed by atoms with Crippen LogP contribution in [0.4, 0.5) is 5.69 Å². The molecule has 0 fully saturated rings. The molecular weight excluding hydrogens is 240 g/mol. The summed E-state index contributed by atoms with van der Waals surface area (Å²) in [6.45, 7) is 0. The van der Waals surface area contributed by atoms with Crippen molar-refractivity contribution in [3.63, 3.8) is 0 Å². The van der Waals surface area contributed by atoms with Crippen molar-refractivity contribution in [1.29, 1.82) is 0 Å². The topological polar surface area (TPSA) is 67.8 Å². The molecular formula is C15H14N2O2. The molecule has 3 rings (SSSR count). The van der Waals surface area contributed by atoms with Crippen LogP contribution in [0.3, 0.4) is 0 Å². The van der Waals surface area contributed by atoms with E-state index in [2.05, 4.69) is 4.99 Å². The molecule has 1 aliphatic rings. The highest BCUT2D eigenvalue weighted by Crippen LogP contribution is 2.42. The van der Waals surface area contributed by atoms with Crippen LogP contribution in [0.15, 0.2) is 53.5 Å². The standard InChI is InChI=1S/C15H14N2O2/c1-19-11-6-4-5-10(9-11)15(18)12-7-2-3-8-13(12)17-14(15)16/h2-9,18H,1H3,(H2,16,17). The summed E-state index contributed by atoms with van der Waals surface area (Å²) in [5.41, 5.74) is 6.61. The van der Waals surface area contributed by atoms with E-state index >= 15 is 0 Å². The van der Waals surface area contributed by atoms with E-state index < -0.39 is 5.60 Å². The second kappa shape index (κ2) is 4.10. The van der Waals surface area contributed by atoms with Crippen LogP contribution in [-0.4, -0.2) is 18.1 Å². The van der Waals surface area contributed by atoms with Crippen molar-refractivity contribution < 1.29 is 9.84 Å². The Morgan fingerprint density at radius 2 is 1.95 bits per heavy atom. The van der Waals surface area contributed by atoms with Gasteiger partial charge in [-0.3, -0.25) is 0 Å². The zero-order valence-corrected chi connectivity index (χ0v) is 10.5. The summed E-state index contributed by atoms with van der Waals surface area (Å²) < 4.78 is 5.19. The third kappa shape index (κ3) is 1.61. The molecule has 3 N–H and O–H groups in total. The van der Waals surface area contributed by atoms with Gasteiger partial charge in [0.2, 0.25) is 0 Å². The van der Waals surface area contributed by atoms with Crippen molar-refractivity contribution in [3.8, 4) is 5.75 Å². The maximum Gasteiger partial charge on any atom is 0.174 e. The Labute approximate surface area is 111 Å². The fraction of sp³-hybridized carbons (Fsp3) is 0.133. The van der Waals surface area contributed by atoms with Crippen LogP contribution < -0.4 is 10.5 Å². The van der Waals surface area contributed by atoms with Crippen LogP contribution in [0.25, 0.3) is 0 Å². The summed E-state index contributed by atoms with van der Waals surface area (Å²) in [4.78, 5) is 4.24. The van der Waals surface area contributed by atoms with Gasteiger partial charge in [-0.05, 0) is 23.8 Å². The number of ether oxygens (including phenoxy) is 1. The minimum atomic E-state index is -1.38. The van der Waals surface area contributed by atoms with Gasteiger partial charge >= 0.3 is 0 Å². The van der Waals surface area contributed by atoms with Crippen molar-refractivity contribution in [2.75, 3.05) is 7.11 Å². The molecule has 0 amide bonds. The number of rotatable bonds is 2. The number of amidine groups is 1. The Hall–Kier alpha value is -2.33. The van der Waals surface area contributed by atoms with Gasteiger partial charge in [0.25, 0.3) is 0 Å². The minimum Gasteiger partial charge on any atom is -0.497 e. The highest BCUT2D eigenvalue weighted by atomic mass is 16.5. The molecule has 0 aromatic heterocycles. The van der Waals surface area contributed by atoms with E-state index in [1.54, 1.807) is 13.2 Å². The van der Waals surface area contributed by atoms with Gasteiger partial charge in [0.05, 0.1) is 12.8 Å². The van der Waals surface area contributed by atoms with Gasteiger partial charge in [-0.25, -0.2) is 4.99 Å². The van der Waals surface area contributed by atoms with Crippen LogP contribution in [0, 0.1) is 0 Å². The molecule has 4 nitrogen and oxygen atoms in total. The molecule has 0 bridgehead atoms. The SMILES string of the molecule is COc1cccc(C2(O)C(N)=Nc3ccccc32)c1. The lowest BCUT2D eigenvalue weighted by molar-refractivity contribution is 0.158. The van der Waals surface area contributed by atoms with Crippen LogP contribution in [0.5, 0.6) is 5.75 Å². The monoisotopic (exact) mass is 254 g/mol. The number of hydrogen-bond acceptors (Lipinski definition) is 4. The van der Waals surface area contributed by atoms with E-state index in [0.717, 1.165) is 0 Å². The van der Waals surface area contributed by atoms with Gasteiger partial charge in [-0.2, -0.15) is 0 Å². The first-order valence-corrected chi connectivity index (χ1v) is 5.97. The average molecular weight is 254 g/mol. The van der Waals surface area contributed by atoms with Crippen molar-refractivity contribution in [3.05, 3.63) is 59.7 Å². The third-order valence-electron chi connectivity index (χ3n) is 3.39. The Bertz CT molecular complexity index is 667. The maximum atomic E-state index is 11.0. The molecule has 0 aliphatic carbocycles. The molecule has 4 heteroatoms. The zero-order valence-electron chi connectivity index (χ0n) is 10.5. The lowest BCUT2D eigenvalue weighted by atomic mass is 9.86. The number of nitrogens with zero attached hydrogens (tertiary/aromatic N) is 1. The fourth-order valence-electron chi connectivity index (χ4n) is 2.38. The Balaban J connectivity index is 2.20. The van der Waals surface area contributed by atoms with E-state index in [1.165, 1.54) is 0 Å². The molecule has 0 saturated carbocycles. The number of nitrogens with two attached hydrogens (primary N) is 1. The number of fused-ring (bicyclic) bond motifs is 1. The summed E-state index contributed by atoms with van der Waals surface area (Å²) in [6, 6.07) is 14.6. The second-order valence-corrected chi connectivity index (χ2v) is 4.46. The Kier molecular flexibility index (Phi) is 2.54. The Morgan fingerprint density at radius 1 is 1.16 bits per heavy atom. The molecule has 0 spiro atoms. The summed E-state index contributed by atoms with van der Waals surface area (Å²) in [5.74, 6) is 0.852. The van der Waals surface area contributed by atoms with E-state index in [-0.39, 0.29) is 5.84 Å². The van der Waals surface area contributed by atoms with Gasteiger partial charge in [0.1, 0.15) is 11.6 Å². The largest absolute Gasteiger partial charge is 0.497 e. The fourth-order valence-corrected chi connectivity index (χ4v) is 2.38.